The standard InChI is InChI=1S/C15H21N3O3/c1-10-5-6-13(18(20)21)8-14(10)15(19)17-11(2)12-4-3-7-16-9-12/h5-6,8,11-12,16H,3-4,7,9H2,1-2H3,(H,17,19). The molecular weight excluding hydrogens is 270 g/mol. The fourth-order valence-corrected chi connectivity index (χ4v) is 2.68. The first-order valence-electron chi connectivity index (χ1n) is 7.25. The van der Waals surface area contributed by atoms with Gasteiger partial charge in [0.1, 0.15) is 0 Å². The number of non-ortho nitro benzene ring substituents is 1. The topological polar surface area (TPSA) is 84.3 Å². The van der Waals surface area contributed by atoms with Gasteiger partial charge < -0.3 is 10.6 Å². The first-order valence-corrected chi connectivity index (χ1v) is 7.25. The number of aryl methyl sites for hydroxylation is 1. The molecule has 2 atom stereocenters. The number of rotatable bonds is 4. The maximum absolute atomic E-state index is 12.3. The van der Waals surface area contributed by atoms with Crippen LogP contribution in [0.5, 0.6) is 0 Å². The van der Waals surface area contributed by atoms with E-state index in [1.54, 1.807) is 13.0 Å². The van der Waals surface area contributed by atoms with Crippen LogP contribution in [0, 0.1) is 23.0 Å². The number of carbonyl (C=O) groups is 1. The highest BCUT2D eigenvalue weighted by atomic mass is 16.6. The number of hydrogen-bond acceptors (Lipinski definition) is 4. The molecule has 0 aliphatic carbocycles. The van der Waals surface area contributed by atoms with Crippen LogP contribution in [0.2, 0.25) is 0 Å². The van der Waals surface area contributed by atoms with Crippen LogP contribution in [0.1, 0.15) is 35.7 Å². The molecule has 1 heterocycles. The minimum atomic E-state index is -0.481. The molecule has 0 spiro atoms. The summed E-state index contributed by atoms with van der Waals surface area (Å²) >= 11 is 0. The van der Waals surface area contributed by atoms with Crippen LogP contribution in [0.15, 0.2) is 18.2 Å². The second-order valence-electron chi connectivity index (χ2n) is 5.62. The monoisotopic (exact) mass is 291 g/mol. The van der Waals surface area contributed by atoms with Gasteiger partial charge >= 0.3 is 0 Å². The quantitative estimate of drug-likeness (QED) is 0.656. The fourth-order valence-electron chi connectivity index (χ4n) is 2.68. The number of nitro benzene ring substituents is 1. The van der Waals surface area contributed by atoms with Gasteiger partial charge in [0.2, 0.25) is 0 Å². The SMILES string of the molecule is Cc1ccc([N+](=O)[O-])cc1C(=O)NC(C)C1CCCNC1. The van der Waals surface area contributed by atoms with Crippen LogP contribution in [0.4, 0.5) is 5.69 Å². The smallest absolute Gasteiger partial charge is 0.270 e. The third kappa shape index (κ3) is 3.78. The highest BCUT2D eigenvalue weighted by molar-refractivity contribution is 5.96. The summed E-state index contributed by atoms with van der Waals surface area (Å²) in [5, 5.41) is 17.1. The van der Waals surface area contributed by atoms with Crippen molar-refractivity contribution >= 4 is 11.6 Å². The van der Waals surface area contributed by atoms with Gasteiger partial charge in [-0.25, -0.2) is 0 Å². The minimum Gasteiger partial charge on any atom is -0.349 e. The molecule has 0 bridgehead atoms. The molecule has 1 aliphatic rings. The van der Waals surface area contributed by atoms with E-state index in [9.17, 15) is 14.9 Å². The lowest BCUT2D eigenvalue weighted by atomic mass is 9.92. The van der Waals surface area contributed by atoms with Crippen molar-refractivity contribution in [2.75, 3.05) is 13.1 Å². The summed E-state index contributed by atoms with van der Waals surface area (Å²) in [5.74, 6) is 0.163. The van der Waals surface area contributed by atoms with Crippen LogP contribution in [-0.2, 0) is 0 Å². The number of hydrogen-bond donors (Lipinski definition) is 2. The lowest BCUT2D eigenvalue weighted by Crippen LogP contribution is -2.44. The van der Waals surface area contributed by atoms with E-state index in [2.05, 4.69) is 10.6 Å². The molecule has 1 aliphatic heterocycles. The average molecular weight is 291 g/mol. The Morgan fingerprint density at radius 1 is 1.52 bits per heavy atom. The predicted molar refractivity (Wildman–Crippen MR) is 80.4 cm³/mol. The Hall–Kier alpha value is -1.95. The van der Waals surface area contributed by atoms with Crippen molar-refractivity contribution in [1.29, 1.82) is 0 Å². The Kier molecular flexibility index (Phi) is 4.90. The lowest BCUT2D eigenvalue weighted by Gasteiger charge is -2.29. The number of nitrogens with zero attached hydrogens (tertiary/aromatic N) is 1. The Labute approximate surface area is 124 Å². The van der Waals surface area contributed by atoms with Gasteiger partial charge in [-0.1, -0.05) is 6.07 Å². The van der Waals surface area contributed by atoms with Gasteiger partial charge in [0, 0.05) is 23.7 Å². The molecule has 21 heavy (non-hydrogen) atoms. The van der Waals surface area contributed by atoms with Crippen molar-refractivity contribution in [3.63, 3.8) is 0 Å². The van der Waals surface area contributed by atoms with Gasteiger partial charge in [0.15, 0.2) is 0 Å². The average Bonchev–Trinajstić information content (AvgIpc) is 2.48. The highest BCUT2D eigenvalue weighted by Crippen LogP contribution is 2.19. The first-order chi connectivity index (χ1) is 9.99. The molecule has 0 radical (unpaired) electrons. The van der Waals surface area contributed by atoms with Crippen LogP contribution < -0.4 is 10.6 Å². The zero-order chi connectivity index (χ0) is 15.4. The number of piperidine rings is 1. The molecule has 1 aromatic carbocycles. The van der Waals surface area contributed by atoms with Crippen molar-refractivity contribution < 1.29 is 9.72 Å². The molecule has 0 aromatic heterocycles. The normalized spacial score (nSPS) is 19.8. The maximum Gasteiger partial charge on any atom is 0.270 e. The molecular formula is C15H21N3O3. The van der Waals surface area contributed by atoms with Gasteiger partial charge in [-0.05, 0) is 51.3 Å². The largest absolute Gasteiger partial charge is 0.349 e. The predicted octanol–water partition coefficient (Wildman–Crippen LogP) is 2.02. The van der Waals surface area contributed by atoms with Crippen molar-refractivity contribution in [3.05, 3.63) is 39.4 Å². The van der Waals surface area contributed by atoms with Gasteiger partial charge in [-0.3, -0.25) is 14.9 Å². The van der Waals surface area contributed by atoms with Crippen LogP contribution in [-0.4, -0.2) is 30.0 Å². The Morgan fingerprint density at radius 3 is 2.90 bits per heavy atom. The van der Waals surface area contributed by atoms with Gasteiger partial charge in [-0.15, -0.1) is 0 Å². The van der Waals surface area contributed by atoms with Crippen LogP contribution in [0.3, 0.4) is 0 Å². The third-order valence-electron chi connectivity index (χ3n) is 4.08. The summed E-state index contributed by atoms with van der Waals surface area (Å²) in [6.45, 7) is 5.70. The highest BCUT2D eigenvalue weighted by Gasteiger charge is 2.23. The van der Waals surface area contributed by atoms with Crippen LogP contribution in [0.25, 0.3) is 0 Å². The fraction of sp³-hybridized carbons (Fsp3) is 0.533. The van der Waals surface area contributed by atoms with Crippen molar-refractivity contribution in [2.24, 2.45) is 5.92 Å². The Bertz CT molecular complexity index is 539. The number of carbonyl (C=O) groups excluding carboxylic acids is 1. The zero-order valence-corrected chi connectivity index (χ0v) is 12.4. The molecule has 1 fully saturated rings. The summed E-state index contributed by atoms with van der Waals surface area (Å²) in [5.41, 5.74) is 1.06. The van der Waals surface area contributed by atoms with E-state index in [4.69, 9.17) is 0 Å². The second kappa shape index (κ2) is 6.67. The number of nitro groups is 1. The van der Waals surface area contributed by atoms with E-state index in [-0.39, 0.29) is 17.6 Å². The number of amides is 1. The second-order valence-corrected chi connectivity index (χ2v) is 5.62. The zero-order valence-electron chi connectivity index (χ0n) is 12.4. The first kappa shape index (κ1) is 15.4. The van der Waals surface area contributed by atoms with E-state index >= 15 is 0 Å². The molecule has 1 aromatic rings. The van der Waals surface area contributed by atoms with E-state index in [0.29, 0.717) is 11.5 Å². The van der Waals surface area contributed by atoms with E-state index in [1.807, 2.05) is 6.92 Å². The maximum atomic E-state index is 12.3. The Morgan fingerprint density at radius 2 is 2.29 bits per heavy atom. The molecule has 2 unspecified atom stereocenters. The van der Waals surface area contributed by atoms with Gasteiger partial charge in [0.25, 0.3) is 11.6 Å². The van der Waals surface area contributed by atoms with Gasteiger partial charge in [0.05, 0.1) is 4.92 Å². The third-order valence-corrected chi connectivity index (χ3v) is 4.08. The summed E-state index contributed by atoms with van der Waals surface area (Å²) < 4.78 is 0. The summed E-state index contributed by atoms with van der Waals surface area (Å²) in [7, 11) is 0. The van der Waals surface area contributed by atoms with E-state index in [0.717, 1.165) is 31.5 Å². The Balaban J connectivity index is 2.08. The molecule has 1 amide bonds. The number of benzene rings is 1. The molecule has 0 saturated carbocycles. The van der Waals surface area contributed by atoms with Crippen molar-refractivity contribution in [3.8, 4) is 0 Å². The molecule has 2 rings (SSSR count). The molecule has 6 nitrogen and oxygen atoms in total. The van der Waals surface area contributed by atoms with E-state index < -0.39 is 4.92 Å². The van der Waals surface area contributed by atoms with Crippen molar-refractivity contribution in [2.45, 2.75) is 32.7 Å². The van der Waals surface area contributed by atoms with Crippen LogP contribution >= 0.6 is 0 Å². The summed E-state index contributed by atoms with van der Waals surface area (Å²) in [6.07, 6.45) is 2.20. The molecule has 114 valence electrons. The van der Waals surface area contributed by atoms with Crippen molar-refractivity contribution in [1.82, 2.24) is 10.6 Å². The lowest BCUT2D eigenvalue weighted by molar-refractivity contribution is -0.384. The summed E-state index contributed by atoms with van der Waals surface area (Å²) in [4.78, 5) is 22.7. The minimum absolute atomic E-state index is 0.0453. The molecule has 2 N–H and O–H groups in total. The number of nitrogens with one attached hydrogen (secondary N) is 2. The summed E-state index contributed by atoms with van der Waals surface area (Å²) in [6, 6.07) is 4.42. The van der Waals surface area contributed by atoms with Gasteiger partial charge in [-0.2, -0.15) is 0 Å². The molecule has 1 saturated heterocycles. The molecule has 6 heteroatoms. The van der Waals surface area contributed by atoms with E-state index in [1.165, 1.54) is 12.1 Å².